The van der Waals surface area contributed by atoms with Crippen molar-refractivity contribution in [1.29, 1.82) is 0 Å². The van der Waals surface area contributed by atoms with Crippen LogP contribution in [-0.2, 0) is 10.8 Å². The van der Waals surface area contributed by atoms with E-state index in [2.05, 4.69) is 338 Å². The third kappa shape index (κ3) is 10.4. The van der Waals surface area contributed by atoms with E-state index in [0.717, 1.165) is 56.8 Å². The molecule has 2 nitrogen and oxygen atoms in total. The standard InChI is InChI=1S/C89H68N2S2/c1-5-8-10-21-62(4)90(76-48-54-82-80-28-17-19-30-84(80)88(86(82)60-76,69-40-50-78(51-41-69)92-56-6-2)71-38-32-63-22-13-15-24-67(63)58-71)74-44-34-65(35-45-74)66-36-46-75(47-37-66)91(73-26-11-9-12-27-73)77-49-55-83-81-29-18-20-31-85(81)89(87(83)61-77,70-42-52-79(53-43-70)93-57-7-3)72-39-33-64-23-14-16-25-68(64)59-72/h5-55,58-61H,2-4,56-57H2,1H3/b8-5-,21-10-. The SMILES string of the molecule is C=CCSc1ccc(C2(c3ccc4ccccc4c3)c3ccccc3-c3ccc(N(C(=C)/C=C\C=C/C)c4ccc(-c5ccc(N(c6ccccc6)c6ccc7c(c6)C(c6ccc(SCC=C)cc6)(c6ccc8ccccc8c6)c6ccccc6-7)cc5)cc4)cc32)cc1. The summed E-state index contributed by atoms with van der Waals surface area (Å²) in [5.41, 5.74) is 22.0. The van der Waals surface area contributed by atoms with Gasteiger partial charge >= 0.3 is 0 Å². The van der Waals surface area contributed by atoms with E-state index in [-0.39, 0.29) is 0 Å². The number of hydrogen-bond acceptors (Lipinski definition) is 4. The molecule has 15 rings (SSSR count). The molecule has 4 heteroatoms. The molecule has 2 unspecified atom stereocenters. The number of anilines is 5. The lowest BCUT2D eigenvalue weighted by molar-refractivity contribution is 0.768. The minimum absolute atomic E-state index is 0.608. The van der Waals surface area contributed by atoms with E-state index >= 15 is 0 Å². The number of benzene rings is 13. The molecule has 0 aromatic heterocycles. The smallest absolute Gasteiger partial charge is 0.0714 e. The van der Waals surface area contributed by atoms with Crippen LogP contribution in [0.2, 0.25) is 0 Å². The molecule has 0 bridgehead atoms. The van der Waals surface area contributed by atoms with Gasteiger partial charge in [-0.1, -0.05) is 237 Å². The molecule has 0 heterocycles. The highest BCUT2D eigenvalue weighted by Gasteiger charge is 2.48. The van der Waals surface area contributed by atoms with E-state index in [4.69, 9.17) is 6.58 Å². The Morgan fingerprint density at radius 2 is 0.763 bits per heavy atom. The maximum atomic E-state index is 4.77. The summed E-state index contributed by atoms with van der Waals surface area (Å²) in [7, 11) is 0. The summed E-state index contributed by atoms with van der Waals surface area (Å²) in [6.45, 7) is 14.8. The van der Waals surface area contributed by atoms with Crippen molar-refractivity contribution in [3.63, 3.8) is 0 Å². The van der Waals surface area contributed by atoms with Gasteiger partial charge in [0.05, 0.1) is 10.8 Å². The molecule has 13 aromatic rings. The second kappa shape index (κ2) is 25.2. The van der Waals surface area contributed by atoms with Gasteiger partial charge in [-0.15, -0.1) is 36.7 Å². The Morgan fingerprint density at radius 1 is 0.355 bits per heavy atom. The van der Waals surface area contributed by atoms with E-state index in [1.54, 1.807) is 11.8 Å². The number of allylic oxidation sites excluding steroid dienone is 4. The van der Waals surface area contributed by atoms with Crippen LogP contribution in [-0.4, -0.2) is 11.5 Å². The van der Waals surface area contributed by atoms with Crippen LogP contribution in [0, 0.1) is 0 Å². The fraction of sp³-hybridized carbons (Fsp3) is 0.0562. The lowest BCUT2D eigenvalue weighted by Gasteiger charge is -2.35. The molecule has 0 saturated carbocycles. The Bertz CT molecular complexity index is 5040. The molecule has 0 saturated heterocycles. The van der Waals surface area contributed by atoms with Crippen molar-refractivity contribution in [2.24, 2.45) is 0 Å². The van der Waals surface area contributed by atoms with Crippen molar-refractivity contribution in [3.8, 4) is 33.4 Å². The van der Waals surface area contributed by atoms with E-state index < -0.39 is 10.8 Å². The van der Waals surface area contributed by atoms with Crippen LogP contribution in [0.25, 0.3) is 54.9 Å². The average molecular weight is 1230 g/mol. The van der Waals surface area contributed by atoms with Gasteiger partial charge in [-0.3, -0.25) is 0 Å². The van der Waals surface area contributed by atoms with E-state index in [1.807, 2.05) is 36.9 Å². The van der Waals surface area contributed by atoms with Crippen LogP contribution in [0.4, 0.5) is 28.4 Å². The first kappa shape index (κ1) is 58.7. The molecule has 446 valence electrons. The summed E-state index contributed by atoms with van der Waals surface area (Å²) in [4.78, 5) is 7.15. The normalized spacial score (nSPS) is 15.2. The van der Waals surface area contributed by atoms with Crippen molar-refractivity contribution < 1.29 is 0 Å². The molecule has 0 N–H and O–H groups in total. The monoisotopic (exact) mass is 1230 g/mol. The van der Waals surface area contributed by atoms with Crippen LogP contribution >= 0.6 is 23.5 Å². The molecule has 0 spiro atoms. The van der Waals surface area contributed by atoms with Gasteiger partial charge < -0.3 is 9.80 Å². The lowest BCUT2D eigenvalue weighted by Crippen LogP contribution is -2.29. The van der Waals surface area contributed by atoms with E-state index in [0.29, 0.717) is 0 Å². The van der Waals surface area contributed by atoms with Crippen molar-refractivity contribution >= 4 is 73.5 Å². The number of thioether (sulfide) groups is 2. The average Bonchev–Trinajstić information content (AvgIpc) is 1.56. The van der Waals surface area contributed by atoms with Crippen molar-refractivity contribution in [2.75, 3.05) is 21.3 Å². The Morgan fingerprint density at radius 3 is 1.27 bits per heavy atom. The predicted molar refractivity (Wildman–Crippen MR) is 400 cm³/mol. The molecule has 0 aliphatic heterocycles. The summed E-state index contributed by atoms with van der Waals surface area (Å²) in [6, 6.07) is 111. The van der Waals surface area contributed by atoms with Crippen LogP contribution in [0.15, 0.2) is 369 Å². The van der Waals surface area contributed by atoms with Gasteiger partial charge in [-0.25, -0.2) is 0 Å². The van der Waals surface area contributed by atoms with Gasteiger partial charge in [0.2, 0.25) is 0 Å². The molecule has 2 atom stereocenters. The minimum Gasteiger partial charge on any atom is -0.311 e. The van der Waals surface area contributed by atoms with Crippen molar-refractivity contribution in [3.05, 3.63) is 404 Å². The fourth-order valence-corrected chi connectivity index (χ4v) is 15.9. The van der Waals surface area contributed by atoms with Crippen LogP contribution in [0.3, 0.4) is 0 Å². The molecule has 13 aromatic carbocycles. The Hall–Kier alpha value is -10.6. The fourth-order valence-electron chi connectivity index (χ4n) is 14.6. The van der Waals surface area contributed by atoms with Crippen LogP contribution in [0.1, 0.15) is 51.4 Å². The highest BCUT2D eigenvalue weighted by molar-refractivity contribution is 7.99. The summed E-state index contributed by atoms with van der Waals surface area (Å²) in [5.74, 6) is 1.70. The number of nitrogens with zero attached hydrogens (tertiary/aromatic N) is 2. The molecule has 0 radical (unpaired) electrons. The quantitative estimate of drug-likeness (QED) is 0.0452. The molecular weight excluding hydrogens is 1160 g/mol. The van der Waals surface area contributed by atoms with Gasteiger partial charge in [0, 0.05) is 55.4 Å². The third-order valence-corrected chi connectivity index (χ3v) is 20.7. The minimum atomic E-state index is -0.625. The maximum absolute atomic E-state index is 4.77. The van der Waals surface area contributed by atoms with Gasteiger partial charge in [0.1, 0.15) is 0 Å². The first-order chi connectivity index (χ1) is 45.9. The molecule has 2 aliphatic rings. The lowest BCUT2D eigenvalue weighted by atomic mass is 9.67. The molecular formula is C89H68N2S2. The molecule has 93 heavy (non-hydrogen) atoms. The largest absolute Gasteiger partial charge is 0.311 e. The van der Waals surface area contributed by atoms with Crippen LogP contribution in [0.5, 0.6) is 0 Å². The zero-order valence-corrected chi connectivity index (χ0v) is 53.6. The summed E-state index contributed by atoms with van der Waals surface area (Å²) in [5, 5.41) is 4.88. The predicted octanol–water partition coefficient (Wildman–Crippen LogP) is 24.2. The van der Waals surface area contributed by atoms with Crippen molar-refractivity contribution in [2.45, 2.75) is 27.5 Å². The number of hydrogen-bond donors (Lipinski definition) is 0. The van der Waals surface area contributed by atoms with E-state index in [1.165, 1.54) is 98.1 Å². The second-order valence-corrected chi connectivity index (χ2v) is 26.1. The third-order valence-electron chi connectivity index (χ3n) is 18.7. The Labute approximate surface area is 555 Å². The zero-order chi connectivity index (χ0) is 62.9. The number of rotatable bonds is 19. The highest BCUT2D eigenvalue weighted by Crippen LogP contribution is 2.60. The summed E-state index contributed by atoms with van der Waals surface area (Å²) < 4.78 is 0. The van der Waals surface area contributed by atoms with Gasteiger partial charge in [-0.2, -0.15) is 0 Å². The number of fused-ring (bicyclic) bond motifs is 8. The highest BCUT2D eigenvalue weighted by atomic mass is 32.2. The zero-order valence-electron chi connectivity index (χ0n) is 52.0. The molecule has 0 fully saturated rings. The van der Waals surface area contributed by atoms with Gasteiger partial charge in [-0.05, 0) is 209 Å². The number of para-hydroxylation sites is 1. The van der Waals surface area contributed by atoms with Gasteiger partial charge in [0.25, 0.3) is 0 Å². The molecule has 2 aliphatic carbocycles. The molecule has 0 amide bonds. The first-order valence-electron chi connectivity index (χ1n) is 31.9. The summed E-state index contributed by atoms with van der Waals surface area (Å²) >= 11 is 3.62. The van der Waals surface area contributed by atoms with E-state index in [9.17, 15) is 0 Å². The summed E-state index contributed by atoms with van der Waals surface area (Å²) in [6.07, 6.45) is 12.2. The Balaban J connectivity index is 0.816. The topological polar surface area (TPSA) is 6.48 Å². The second-order valence-electron chi connectivity index (χ2n) is 23.9. The van der Waals surface area contributed by atoms with Gasteiger partial charge in [0.15, 0.2) is 0 Å². The van der Waals surface area contributed by atoms with Crippen molar-refractivity contribution in [1.82, 2.24) is 0 Å². The first-order valence-corrected chi connectivity index (χ1v) is 33.9. The van der Waals surface area contributed by atoms with Crippen LogP contribution < -0.4 is 9.80 Å². The Kier molecular flexibility index (Phi) is 15.9. The maximum Gasteiger partial charge on any atom is 0.0714 e.